The molecule has 2 fully saturated rings. The van der Waals surface area contributed by atoms with Gasteiger partial charge in [-0.25, -0.2) is 17.9 Å². The Hall–Kier alpha value is -3.72. The Morgan fingerprint density at radius 2 is 1.71 bits per heavy atom. The highest BCUT2D eigenvalue weighted by Gasteiger charge is 2.38. The summed E-state index contributed by atoms with van der Waals surface area (Å²) < 4.78 is 36.7. The number of carbonyl (C=O) groups excluding carboxylic acids is 4. The first kappa shape index (κ1) is 38.7. The maximum atomic E-state index is 13.6. The summed E-state index contributed by atoms with van der Waals surface area (Å²) in [5.41, 5.74) is 6.10. The van der Waals surface area contributed by atoms with E-state index in [0.29, 0.717) is 51.9 Å². The van der Waals surface area contributed by atoms with Crippen LogP contribution in [0.2, 0.25) is 0 Å². The van der Waals surface area contributed by atoms with Gasteiger partial charge < -0.3 is 30.3 Å². The number of likely N-dealkylation sites (tertiary alicyclic amines) is 2. The smallest absolute Gasteiger partial charge is 0.434 e. The number of hydrogen-bond acceptors (Lipinski definition) is 8. The SMILES string of the molecule is CC(C)COC(=O)OCCC(C)(C)C(=O)/N=C(/N)N1CCC(CNC(=O)[C@@H]2CCCN2C(=O)[C@@H](Cc2ccccc2)NS(C)(=O)=O)CC1. The molecular weight excluding hydrogens is 640 g/mol. The van der Waals surface area contributed by atoms with Crippen molar-refractivity contribution in [3.8, 4) is 0 Å². The molecule has 1 aromatic rings. The minimum atomic E-state index is -3.67. The third-order valence-corrected chi connectivity index (χ3v) is 9.27. The first-order valence-corrected chi connectivity index (χ1v) is 18.5. The second kappa shape index (κ2) is 17.6. The topological polar surface area (TPSA) is 190 Å². The van der Waals surface area contributed by atoms with Crippen LogP contribution in [0.25, 0.3) is 0 Å². The van der Waals surface area contributed by atoms with Crippen molar-refractivity contribution in [3.05, 3.63) is 35.9 Å². The molecule has 268 valence electrons. The summed E-state index contributed by atoms with van der Waals surface area (Å²) in [6.45, 7) is 9.45. The lowest BCUT2D eigenvalue weighted by atomic mass is 9.89. The molecule has 1 aromatic carbocycles. The van der Waals surface area contributed by atoms with Crippen molar-refractivity contribution in [2.75, 3.05) is 45.6 Å². The zero-order chi connectivity index (χ0) is 35.5. The number of nitrogens with zero attached hydrogens (tertiary/aromatic N) is 3. The summed E-state index contributed by atoms with van der Waals surface area (Å²) in [6, 6.07) is 7.46. The van der Waals surface area contributed by atoms with Crippen LogP contribution in [0.4, 0.5) is 4.79 Å². The summed E-state index contributed by atoms with van der Waals surface area (Å²) in [5.74, 6) is -0.606. The molecule has 0 saturated carbocycles. The van der Waals surface area contributed by atoms with Crippen LogP contribution in [-0.2, 0) is 40.3 Å². The van der Waals surface area contributed by atoms with Crippen LogP contribution in [0.5, 0.6) is 0 Å². The summed E-state index contributed by atoms with van der Waals surface area (Å²) in [4.78, 5) is 58.8. The number of guanidine groups is 1. The van der Waals surface area contributed by atoms with E-state index in [0.717, 1.165) is 11.8 Å². The van der Waals surface area contributed by atoms with Crippen molar-refractivity contribution < 1.29 is 37.1 Å². The van der Waals surface area contributed by atoms with E-state index in [1.54, 1.807) is 13.8 Å². The lowest BCUT2D eigenvalue weighted by molar-refractivity contribution is -0.139. The van der Waals surface area contributed by atoms with Crippen molar-refractivity contribution in [2.45, 2.75) is 78.3 Å². The van der Waals surface area contributed by atoms with E-state index < -0.39 is 45.5 Å². The minimum absolute atomic E-state index is 0.0147. The number of nitrogens with one attached hydrogen (secondary N) is 2. The lowest BCUT2D eigenvalue weighted by Gasteiger charge is -2.33. The maximum Gasteiger partial charge on any atom is 0.508 e. The molecule has 2 aliphatic rings. The Bertz CT molecular complexity index is 1390. The Morgan fingerprint density at radius 1 is 1.04 bits per heavy atom. The average Bonchev–Trinajstić information content (AvgIpc) is 3.52. The second-order valence-electron chi connectivity index (χ2n) is 13.7. The minimum Gasteiger partial charge on any atom is -0.434 e. The van der Waals surface area contributed by atoms with Gasteiger partial charge in [-0.2, -0.15) is 4.99 Å². The van der Waals surface area contributed by atoms with E-state index in [9.17, 15) is 27.6 Å². The van der Waals surface area contributed by atoms with E-state index in [1.807, 2.05) is 49.1 Å². The zero-order valence-corrected chi connectivity index (χ0v) is 29.6. The van der Waals surface area contributed by atoms with E-state index in [1.165, 1.54) is 4.90 Å². The van der Waals surface area contributed by atoms with Crippen molar-refractivity contribution in [1.29, 1.82) is 0 Å². The Morgan fingerprint density at radius 3 is 2.33 bits per heavy atom. The van der Waals surface area contributed by atoms with Gasteiger partial charge >= 0.3 is 6.16 Å². The number of sulfonamides is 1. The van der Waals surface area contributed by atoms with Gasteiger partial charge in [0.15, 0.2) is 5.96 Å². The van der Waals surface area contributed by atoms with Crippen LogP contribution in [0.1, 0.15) is 65.4 Å². The number of hydrogen-bond donors (Lipinski definition) is 3. The fourth-order valence-corrected chi connectivity index (χ4v) is 6.32. The van der Waals surface area contributed by atoms with Gasteiger partial charge in [0, 0.05) is 31.6 Å². The molecule has 0 unspecified atom stereocenters. The van der Waals surface area contributed by atoms with Crippen LogP contribution >= 0.6 is 0 Å². The molecular formula is C33H52N6O8S. The molecule has 0 aromatic heterocycles. The van der Waals surface area contributed by atoms with Crippen molar-refractivity contribution >= 4 is 39.9 Å². The summed E-state index contributed by atoms with van der Waals surface area (Å²) in [7, 11) is -3.67. The number of piperidine rings is 1. The Balaban J connectivity index is 1.47. The molecule has 2 aliphatic heterocycles. The molecule has 0 bridgehead atoms. The summed E-state index contributed by atoms with van der Waals surface area (Å²) >= 11 is 0. The largest absolute Gasteiger partial charge is 0.508 e. The van der Waals surface area contributed by atoms with Crippen molar-refractivity contribution in [3.63, 3.8) is 0 Å². The third-order valence-electron chi connectivity index (χ3n) is 8.56. The number of carbonyl (C=O) groups is 4. The molecule has 3 amide bonds. The first-order chi connectivity index (χ1) is 22.6. The number of nitrogens with two attached hydrogens (primary N) is 1. The summed E-state index contributed by atoms with van der Waals surface area (Å²) in [5, 5.41) is 3.00. The van der Waals surface area contributed by atoms with Gasteiger partial charge in [-0.15, -0.1) is 0 Å². The van der Waals surface area contributed by atoms with Crippen molar-refractivity contribution in [1.82, 2.24) is 19.8 Å². The highest BCUT2D eigenvalue weighted by molar-refractivity contribution is 7.88. The molecule has 48 heavy (non-hydrogen) atoms. The fourth-order valence-electron chi connectivity index (χ4n) is 5.62. The molecule has 3 rings (SSSR count). The molecule has 4 N–H and O–H groups in total. The average molecular weight is 693 g/mol. The van der Waals surface area contributed by atoms with Gasteiger partial charge in [0.05, 0.1) is 19.5 Å². The molecule has 0 aliphatic carbocycles. The Labute approximate surface area is 284 Å². The van der Waals surface area contributed by atoms with Crippen LogP contribution in [0.15, 0.2) is 35.3 Å². The van der Waals surface area contributed by atoms with Crippen LogP contribution in [0, 0.1) is 17.3 Å². The van der Waals surface area contributed by atoms with Crippen molar-refractivity contribution in [2.24, 2.45) is 28.0 Å². The van der Waals surface area contributed by atoms with Gasteiger partial charge in [-0.05, 0) is 55.9 Å². The predicted octanol–water partition coefficient (Wildman–Crippen LogP) is 2.03. The van der Waals surface area contributed by atoms with Gasteiger partial charge in [-0.3, -0.25) is 14.4 Å². The van der Waals surface area contributed by atoms with Gasteiger partial charge in [0.2, 0.25) is 21.8 Å². The van der Waals surface area contributed by atoms with E-state index in [2.05, 4.69) is 15.0 Å². The maximum absolute atomic E-state index is 13.6. The van der Waals surface area contributed by atoms with E-state index >= 15 is 0 Å². The highest BCUT2D eigenvalue weighted by atomic mass is 32.2. The molecule has 2 atom stereocenters. The number of benzene rings is 1. The Kier molecular flexibility index (Phi) is 14.2. The van der Waals surface area contributed by atoms with E-state index in [4.69, 9.17) is 15.2 Å². The van der Waals surface area contributed by atoms with Crippen LogP contribution in [0.3, 0.4) is 0 Å². The third kappa shape index (κ3) is 12.4. The molecule has 14 nitrogen and oxygen atoms in total. The van der Waals surface area contributed by atoms with Gasteiger partial charge in [0.25, 0.3) is 5.91 Å². The van der Waals surface area contributed by atoms with Crippen LogP contribution in [-0.4, -0.2) is 106 Å². The number of rotatable bonds is 14. The second-order valence-corrected chi connectivity index (χ2v) is 15.5. The zero-order valence-electron chi connectivity index (χ0n) is 28.8. The number of ether oxygens (including phenoxy) is 2. The number of amides is 3. The van der Waals surface area contributed by atoms with Gasteiger partial charge in [-0.1, -0.05) is 58.0 Å². The monoisotopic (exact) mass is 692 g/mol. The molecule has 2 saturated heterocycles. The lowest BCUT2D eigenvalue weighted by Crippen LogP contribution is -2.54. The highest BCUT2D eigenvalue weighted by Crippen LogP contribution is 2.24. The quantitative estimate of drug-likeness (QED) is 0.148. The fraction of sp³-hybridized carbons (Fsp3) is 0.667. The standard InChI is InChI=1S/C33H52N6O8S/c1-23(2)22-47-32(43)46-19-15-33(3,4)30(42)36-31(34)38-17-13-25(14-18-38)21-35-28(40)27-12-9-16-39(27)29(41)26(37-48(5,44)45)20-24-10-7-6-8-11-24/h6-8,10-11,23,25-27,37H,9,12-22H2,1-5H3,(H,35,40)(H2,34,36,42)/t26-,27+/m1/s1. The predicted molar refractivity (Wildman–Crippen MR) is 181 cm³/mol. The number of aliphatic imine (C=N–C) groups is 1. The molecule has 2 heterocycles. The summed E-state index contributed by atoms with van der Waals surface area (Å²) in [6.07, 6.45) is 3.25. The van der Waals surface area contributed by atoms with Gasteiger partial charge in [0.1, 0.15) is 12.1 Å². The first-order valence-electron chi connectivity index (χ1n) is 16.6. The van der Waals surface area contributed by atoms with Crippen LogP contribution < -0.4 is 15.8 Å². The normalized spacial score (nSPS) is 18.5. The molecule has 0 spiro atoms. The van der Waals surface area contributed by atoms with E-state index in [-0.39, 0.29) is 49.8 Å². The molecule has 0 radical (unpaired) electrons. The molecule has 15 heteroatoms.